The highest BCUT2D eigenvalue weighted by Crippen LogP contribution is 2.43. The van der Waals surface area contributed by atoms with Gasteiger partial charge in [-0.05, 0) is 42.5 Å². The van der Waals surface area contributed by atoms with Gasteiger partial charge >= 0.3 is 0 Å². The molecule has 0 aliphatic rings. The van der Waals surface area contributed by atoms with Gasteiger partial charge in [0.2, 0.25) is 0 Å². The Bertz CT molecular complexity index is 3120. The minimum atomic E-state index is 0.675. The van der Waals surface area contributed by atoms with Gasteiger partial charge in [-0.3, -0.25) is 0 Å². The predicted octanol–water partition coefficient (Wildman–Crippen LogP) is 11.9. The van der Waals surface area contributed by atoms with Gasteiger partial charge in [-0.2, -0.15) is 0 Å². The highest BCUT2D eigenvalue weighted by Gasteiger charge is 2.22. The Labute approximate surface area is 292 Å². The molecule has 4 aromatic heterocycles. The van der Waals surface area contributed by atoms with Crippen LogP contribution < -0.4 is 0 Å². The van der Waals surface area contributed by atoms with Crippen molar-refractivity contribution in [1.29, 1.82) is 0 Å². The third-order valence-corrected chi connectivity index (χ3v) is 10.1. The predicted molar refractivity (Wildman–Crippen MR) is 209 cm³/mol. The van der Waals surface area contributed by atoms with Crippen LogP contribution >= 0.6 is 0 Å². The molecule has 0 fully saturated rings. The molecule has 0 saturated carbocycles. The molecule has 238 valence electrons. The average molecular weight is 653 g/mol. The number of hydrogen-bond acceptors (Lipinski definition) is 3. The van der Waals surface area contributed by atoms with E-state index in [9.17, 15) is 0 Å². The van der Waals surface area contributed by atoms with Crippen molar-refractivity contribution >= 4 is 65.7 Å². The van der Waals surface area contributed by atoms with Crippen LogP contribution in [0, 0.1) is 0 Å². The van der Waals surface area contributed by atoms with Gasteiger partial charge in [-0.25, -0.2) is 9.97 Å². The molecule has 5 nitrogen and oxygen atoms in total. The molecule has 7 aromatic carbocycles. The zero-order chi connectivity index (χ0) is 33.5. The molecule has 0 bridgehead atoms. The minimum Gasteiger partial charge on any atom is -0.452 e. The van der Waals surface area contributed by atoms with E-state index in [1.807, 2.05) is 48.5 Å². The Morgan fingerprint density at radius 2 is 1.06 bits per heavy atom. The molecule has 11 aromatic rings. The molecule has 11 rings (SSSR count). The lowest BCUT2D eigenvalue weighted by Gasteiger charge is -2.10. The van der Waals surface area contributed by atoms with Crippen LogP contribution in [0.5, 0.6) is 0 Å². The van der Waals surface area contributed by atoms with E-state index in [4.69, 9.17) is 14.4 Å². The molecule has 0 atom stereocenters. The quantitative estimate of drug-likeness (QED) is 0.190. The molecule has 0 unspecified atom stereocenters. The summed E-state index contributed by atoms with van der Waals surface area (Å²) < 4.78 is 11.5. The van der Waals surface area contributed by atoms with Gasteiger partial charge in [0.05, 0.1) is 22.1 Å². The van der Waals surface area contributed by atoms with Crippen LogP contribution in [-0.4, -0.2) is 19.1 Å². The fourth-order valence-electron chi connectivity index (χ4n) is 7.91. The normalized spacial score (nSPS) is 11.9. The van der Waals surface area contributed by atoms with Crippen molar-refractivity contribution in [1.82, 2.24) is 19.1 Å². The van der Waals surface area contributed by atoms with Crippen LogP contribution in [0.15, 0.2) is 174 Å². The number of para-hydroxylation sites is 3. The van der Waals surface area contributed by atoms with Gasteiger partial charge in [0.25, 0.3) is 0 Å². The second-order valence-corrected chi connectivity index (χ2v) is 13.0. The average Bonchev–Trinajstić information content (AvgIpc) is 3.86. The minimum absolute atomic E-state index is 0.675. The summed E-state index contributed by atoms with van der Waals surface area (Å²) in [5, 5.41) is 5.85. The SMILES string of the molecule is c1ccc(-c2nc(-c3ccccc3)c3oc4cc(-n5c6ccccc6c6c5ccc5c7ccccc7n(-c7ccccc7)c56)ccc4c3n2)cc1. The molecular formula is C46H28N4O. The van der Waals surface area contributed by atoms with Gasteiger partial charge in [0.15, 0.2) is 11.4 Å². The first-order valence-electron chi connectivity index (χ1n) is 17.2. The van der Waals surface area contributed by atoms with Gasteiger partial charge < -0.3 is 13.6 Å². The van der Waals surface area contributed by atoms with Crippen LogP contribution in [0.3, 0.4) is 0 Å². The first-order valence-corrected chi connectivity index (χ1v) is 17.2. The zero-order valence-electron chi connectivity index (χ0n) is 27.4. The summed E-state index contributed by atoms with van der Waals surface area (Å²) >= 11 is 0. The Balaban J connectivity index is 1.20. The van der Waals surface area contributed by atoms with Crippen molar-refractivity contribution < 1.29 is 4.42 Å². The molecule has 0 saturated heterocycles. The summed E-state index contributed by atoms with van der Waals surface area (Å²) in [5.41, 5.74) is 11.8. The monoisotopic (exact) mass is 652 g/mol. The lowest BCUT2D eigenvalue weighted by molar-refractivity contribution is 0.667. The fraction of sp³-hybridized carbons (Fsp3) is 0. The van der Waals surface area contributed by atoms with E-state index in [0.29, 0.717) is 11.4 Å². The molecule has 0 radical (unpaired) electrons. The van der Waals surface area contributed by atoms with Gasteiger partial charge in [-0.1, -0.05) is 121 Å². The third kappa shape index (κ3) is 4.09. The van der Waals surface area contributed by atoms with Crippen molar-refractivity contribution in [3.05, 3.63) is 170 Å². The van der Waals surface area contributed by atoms with E-state index in [-0.39, 0.29) is 0 Å². The number of nitrogens with zero attached hydrogens (tertiary/aromatic N) is 4. The van der Waals surface area contributed by atoms with Crippen molar-refractivity contribution in [3.63, 3.8) is 0 Å². The molecule has 0 amide bonds. The molecule has 0 N–H and O–H groups in total. The Kier molecular flexibility index (Phi) is 5.89. The lowest BCUT2D eigenvalue weighted by Crippen LogP contribution is -1.95. The van der Waals surface area contributed by atoms with E-state index in [1.54, 1.807) is 0 Å². The summed E-state index contributed by atoms with van der Waals surface area (Å²) in [6, 6.07) is 59.5. The number of fused-ring (bicyclic) bond motifs is 10. The topological polar surface area (TPSA) is 48.8 Å². The van der Waals surface area contributed by atoms with Crippen molar-refractivity contribution in [2.75, 3.05) is 0 Å². The van der Waals surface area contributed by atoms with Crippen LogP contribution in [-0.2, 0) is 0 Å². The lowest BCUT2D eigenvalue weighted by atomic mass is 10.1. The first kappa shape index (κ1) is 27.9. The highest BCUT2D eigenvalue weighted by molar-refractivity contribution is 6.26. The Morgan fingerprint density at radius 1 is 0.431 bits per heavy atom. The van der Waals surface area contributed by atoms with Crippen molar-refractivity contribution in [3.8, 4) is 34.0 Å². The number of furan rings is 1. The molecule has 0 aliphatic carbocycles. The molecule has 4 heterocycles. The summed E-state index contributed by atoms with van der Waals surface area (Å²) in [6.45, 7) is 0. The van der Waals surface area contributed by atoms with Crippen molar-refractivity contribution in [2.45, 2.75) is 0 Å². The molecule has 0 spiro atoms. The number of aromatic nitrogens is 4. The van der Waals surface area contributed by atoms with Gasteiger partial charge in [0, 0.05) is 55.5 Å². The summed E-state index contributed by atoms with van der Waals surface area (Å²) in [7, 11) is 0. The van der Waals surface area contributed by atoms with E-state index < -0.39 is 0 Å². The van der Waals surface area contributed by atoms with E-state index in [1.165, 1.54) is 32.6 Å². The van der Waals surface area contributed by atoms with E-state index in [0.717, 1.165) is 55.7 Å². The first-order chi connectivity index (χ1) is 25.3. The number of benzene rings is 7. The molecule has 0 aliphatic heterocycles. The zero-order valence-corrected chi connectivity index (χ0v) is 27.4. The van der Waals surface area contributed by atoms with Crippen LogP contribution in [0.2, 0.25) is 0 Å². The summed E-state index contributed by atoms with van der Waals surface area (Å²) in [6.07, 6.45) is 0. The molecule has 51 heavy (non-hydrogen) atoms. The maximum Gasteiger partial charge on any atom is 0.180 e. The maximum absolute atomic E-state index is 6.74. The number of rotatable bonds is 4. The highest BCUT2D eigenvalue weighted by atomic mass is 16.3. The van der Waals surface area contributed by atoms with E-state index in [2.05, 4.69) is 130 Å². The molecule has 5 heteroatoms. The van der Waals surface area contributed by atoms with E-state index >= 15 is 0 Å². The Morgan fingerprint density at radius 3 is 1.82 bits per heavy atom. The summed E-state index contributed by atoms with van der Waals surface area (Å²) in [4.78, 5) is 10.1. The van der Waals surface area contributed by atoms with Gasteiger partial charge in [0.1, 0.15) is 16.8 Å². The smallest absolute Gasteiger partial charge is 0.180 e. The Hall–Kier alpha value is -6.98. The fourth-order valence-corrected chi connectivity index (χ4v) is 7.91. The second kappa shape index (κ2) is 10.8. The maximum atomic E-state index is 6.74. The standard InChI is InChI=1S/C46H28N4O/c1-4-14-29(15-5-1)42-45-43(48-46(47-42)30-16-6-2-7-17-30)36-25-24-32(28-40(36)51-45)49-38-23-13-11-21-35(38)41-39(49)27-26-34-33-20-10-12-22-37(33)50(44(34)41)31-18-8-3-9-19-31/h1-28H. The van der Waals surface area contributed by atoms with Crippen molar-refractivity contribution in [2.24, 2.45) is 0 Å². The van der Waals surface area contributed by atoms with Crippen LogP contribution in [0.4, 0.5) is 0 Å². The van der Waals surface area contributed by atoms with Gasteiger partial charge in [-0.15, -0.1) is 0 Å². The molecular weight excluding hydrogens is 625 g/mol. The third-order valence-electron chi connectivity index (χ3n) is 10.1. The summed E-state index contributed by atoms with van der Waals surface area (Å²) in [5.74, 6) is 0.675. The van der Waals surface area contributed by atoms with Crippen LogP contribution in [0.1, 0.15) is 0 Å². The van der Waals surface area contributed by atoms with Crippen LogP contribution in [0.25, 0.3) is 99.7 Å². The number of hydrogen-bond donors (Lipinski definition) is 0. The largest absolute Gasteiger partial charge is 0.452 e. The second-order valence-electron chi connectivity index (χ2n) is 13.0.